The first-order valence-electron chi connectivity index (χ1n) is 7.96. The number of carbonyl (C=O) groups excluding carboxylic acids is 1. The third-order valence-corrected chi connectivity index (χ3v) is 5.49. The smallest absolute Gasteiger partial charge is 0.258 e. The summed E-state index contributed by atoms with van der Waals surface area (Å²) in [5, 5.41) is 5.50. The molecule has 0 bridgehead atoms. The van der Waals surface area contributed by atoms with Crippen LogP contribution in [0, 0.1) is 0 Å². The molecule has 1 saturated heterocycles. The van der Waals surface area contributed by atoms with E-state index in [0.29, 0.717) is 22.6 Å². The van der Waals surface area contributed by atoms with Gasteiger partial charge >= 0.3 is 0 Å². The van der Waals surface area contributed by atoms with Gasteiger partial charge in [-0.25, -0.2) is 0 Å². The van der Waals surface area contributed by atoms with Gasteiger partial charge in [-0.05, 0) is 50.5 Å². The van der Waals surface area contributed by atoms with Crippen molar-refractivity contribution in [3.05, 3.63) is 33.8 Å². The summed E-state index contributed by atoms with van der Waals surface area (Å²) in [7, 11) is 0. The van der Waals surface area contributed by atoms with Crippen LogP contribution in [0.4, 0.5) is 0 Å². The second kappa shape index (κ2) is 6.03. The highest BCUT2D eigenvalue weighted by molar-refractivity contribution is 6.33. The average Bonchev–Trinajstić information content (AvgIpc) is 2.51. The van der Waals surface area contributed by atoms with Gasteiger partial charge < -0.3 is 0 Å². The highest BCUT2D eigenvalue weighted by atomic mass is 35.5. The molecule has 120 valence electrons. The molecule has 2 fully saturated rings. The molecule has 3 nitrogen and oxygen atoms in total. The fourth-order valence-corrected chi connectivity index (χ4v) is 3.89. The summed E-state index contributed by atoms with van der Waals surface area (Å²) in [6.07, 6.45) is 5.90. The Morgan fingerprint density at radius 1 is 1.18 bits per heavy atom. The Balaban J connectivity index is 1.82. The van der Waals surface area contributed by atoms with Crippen LogP contribution in [-0.2, 0) is 11.3 Å². The van der Waals surface area contributed by atoms with Gasteiger partial charge in [0.15, 0.2) is 0 Å². The summed E-state index contributed by atoms with van der Waals surface area (Å²) in [5.74, 6) is 0.220. The van der Waals surface area contributed by atoms with E-state index >= 15 is 0 Å². The van der Waals surface area contributed by atoms with Crippen LogP contribution in [0.25, 0.3) is 0 Å². The molecular formula is C17H22Cl2N2O. The average molecular weight is 341 g/mol. The van der Waals surface area contributed by atoms with Crippen molar-refractivity contribution in [3.63, 3.8) is 0 Å². The van der Waals surface area contributed by atoms with Gasteiger partial charge in [-0.1, -0.05) is 42.5 Å². The molecule has 0 N–H and O–H groups in total. The molecule has 22 heavy (non-hydrogen) atoms. The fourth-order valence-electron chi connectivity index (χ4n) is 3.51. The first kappa shape index (κ1) is 16.1. The number of nitrogens with zero attached hydrogens (tertiary/aromatic N) is 2. The van der Waals surface area contributed by atoms with E-state index in [9.17, 15) is 4.79 Å². The van der Waals surface area contributed by atoms with E-state index < -0.39 is 5.54 Å². The molecule has 0 atom stereocenters. The third-order valence-electron chi connectivity index (χ3n) is 4.89. The van der Waals surface area contributed by atoms with Crippen LogP contribution < -0.4 is 0 Å². The van der Waals surface area contributed by atoms with Crippen molar-refractivity contribution in [1.82, 2.24) is 10.0 Å². The zero-order valence-electron chi connectivity index (χ0n) is 13.1. The highest BCUT2D eigenvalue weighted by Gasteiger charge is 2.54. The van der Waals surface area contributed by atoms with Crippen molar-refractivity contribution in [2.75, 3.05) is 0 Å². The lowest BCUT2D eigenvalue weighted by Crippen LogP contribution is -2.76. The van der Waals surface area contributed by atoms with Crippen molar-refractivity contribution >= 4 is 29.1 Å². The van der Waals surface area contributed by atoms with Crippen molar-refractivity contribution in [2.45, 2.75) is 64.1 Å². The summed E-state index contributed by atoms with van der Waals surface area (Å²) in [6.45, 7) is 4.58. The molecule has 1 aromatic carbocycles. The normalized spacial score (nSPS) is 22.7. The lowest BCUT2D eigenvalue weighted by Gasteiger charge is -2.59. The van der Waals surface area contributed by atoms with Crippen LogP contribution >= 0.6 is 23.2 Å². The lowest BCUT2D eigenvalue weighted by molar-refractivity contribution is -0.231. The van der Waals surface area contributed by atoms with Gasteiger partial charge in [0.25, 0.3) is 5.91 Å². The van der Waals surface area contributed by atoms with E-state index in [4.69, 9.17) is 23.2 Å². The minimum absolute atomic E-state index is 0.220. The van der Waals surface area contributed by atoms with Crippen LogP contribution in [-0.4, -0.2) is 27.5 Å². The largest absolute Gasteiger partial charge is 0.271 e. The predicted molar refractivity (Wildman–Crippen MR) is 89.8 cm³/mol. The molecule has 3 rings (SSSR count). The fraction of sp³-hybridized carbons (Fsp3) is 0.588. The van der Waals surface area contributed by atoms with E-state index in [0.717, 1.165) is 18.4 Å². The number of amides is 1. The molecule has 1 heterocycles. The molecule has 0 radical (unpaired) electrons. The Labute approximate surface area is 142 Å². The van der Waals surface area contributed by atoms with Crippen LogP contribution in [0.3, 0.4) is 0 Å². The number of hydrazine groups is 1. The maximum atomic E-state index is 12.6. The number of halogens is 2. The minimum atomic E-state index is -0.469. The van der Waals surface area contributed by atoms with E-state index in [2.05, 4.69) is 5.01 Å². The summed E-state index contributed by atoms with van der Waals surface area (Å²) in [4.78, 5) is 12.6. The third kappa shape index (κ3) is 2.75. The summed E-state index contributed by atoms with van der Waals surface area (Å²) < 4.78 is 0. The number of carbonyl (C=O) groups is 1. The molecule has 1 amide bonds. The molecular weight excluding hydrogens is 319 g/mol. The molecule has 1 aliphatic heterocycles. The van der Waals surface area contributed by atoms with Crippen molar-refractivity contribution in [1.29, 1.82) is 0 Å². The zero-order valence-corrected chi connectivity index (χ0v) is 14.6. The minimum Gasteiger partial charge on any atom is -0.271 e. The molecule has 0 spiro atoms. The maximum Gasteiger partial charge on any atom is 0.258 e. The number of hydrogen-bond donors (Lipinski definition) is 0. The monoisotopic (exact) mass is 340 g/mol. The molecule has 5 heteroatoms. The van der Waals surface area contributed by atoms with Gasteiger partial charge in [-0.2, -0.15) is 5.01 Å². The quantitative estimate of drug-likeness (QED) is 0.798. The highest BCUT2D eigenvalue weighted by Crippen LogP contribution is 2.39. The van der Waals surface area contributed by atoms with E-state index in [1.54, 1.807) is 6.07 Å². The van der Waals surface area contributed by atoms with Crippen LogP contribution in [0.5, 0.6) is 0 Å². The summed E-state index contributed by atoms with van der Waals surface area (Å²) in [5.41, 5.74) is 0.499. The van der Waals surface area contributed by atoms with E-state index in [1.807, 2.05) is 31.0 Å². The topological polar surface area (TPSA) is 23.6 Å². The molecule has 1 aliphatic carbocycles. The van der Waals surface area contributed by atoms with Crippen molar-refractivity contribution in [2.24, 2.45) is 0 Å². The zero-order chi connectivity index (χ0) is 15.9. The summed E-state index contributed by atoms with van der Waals surface area (Å²) >= 11 is 12.4. The molecule has 1 saturated carbocycles. The van der Waals surface area contributed by atoms with E-state index in [1.165, 1.54) is 19.3 Å². The standard InChI is InChI=1S/C17H22Cl2N2O/c1-17(2)16(22)21(14-6-4-3-5-7-14)20(17)11-12-10-13(18)8-9-15(12)19/h8-10,14H,3-7,11H2,1-2H3. The SMILES string of the molecule is CC1(C)C(=O)N(C2CCCCC2)N1Cc1cc(Cl)ccc1Cl. The Bertz CT molecular complexity index is 582. The number of hydrogen-bond acceptors (Lipinski definition) is 2. The number of benzene rings is 1. The van der Waals surface area contributed by atoms with Gasteiger partial charge in [-0.3, -0.25) is 9.80 Å². The lowest BCUT2D eigenvalue weighted by atomic mass is 9.89. The van der Waals surface area contributed by atoms with Crippen molar-refractivity contribution in [3.8, 4) is 0 Å². The Hall–Kier alpha value is -0.770. The predicted octanol–water partition coefficient (Wildman–Crippen LogP) is 4.66. The van der Waals surface area contributed by atoms with Crippen LogP contribution in [0.2, 0.25) is 10.0 Å². The van der Waals surface area contributed by atoms with Gasteiger partial charge in [0, 0.05) is 22.6 Å². The first-order chi connectivity index (χ1) is 10.4. The van der Waals surface area contributed by atoms with E-state index in [-0.39, 0.29) is 5.91 Å². The van der Waals surface area contributed by atoms with Crippen LogP contribution in [0.15, 0.2) is 18.2 Å². The van der Waals surface area contributed by atoms with Gasteiger partial charge in [0.05, 0.1) is 0 Å². The Morgan fingerprint density at radius 2 is 1.86 bits per heavy atom. The Kier molecular flexibility index (Phi) is 4.41. The Morgan fingerprint density at radius 3 is 2.55 bits per heavy atom. The molecule has 0 aromatic heterocycles. The maximum absolute atomic E-state index is 12.6. The second-order valence-electron chi connectivity index (χ2n) is 6.79. The van der Waals surface area contributed by atoms with Gasteiger partial charge in [0.2, 0.25) is 0 Å². The number of rotatable bonds is 3. The van der Waals surface area contributed by atoms with Gasteiger partial charge in [-0.15, -0.1) is 0 Å². The molecule has 2 aliphatic rings. The molecule has 0 unspecified atom stereocenters. The van der Waals surface area contributed by atoms with Crippen LogP contribution in [0.1, 0.15) is 51.5 Å². The first-order valence-corrected chi connectivity index (χ1v) is 8.72. The second-order valence-corrected chi connectivity index (χ2v) is 7.64. The summed E-state index contributed by atoms with van der Waals surface area (Å²) in [6, 6.07) is 5.84. The molecule has 1 aromatic rings. The van der Waals surface area contributed by atoms with Gasteiger partial charge in [0.1, 0.15) is 5.54 Å². The van der Waals surface area contributed by atoms with Crippen molar-refractivity contribution < 1.29 is 4.79 Å².